The highest BCUT2D eigenvalue weighted by molar-refractivity contribution is 7.77. The van der Waals surface area contributed by atoms with Crippen LogP contribution in [0.5, 0.6) is 5.75 Å². The lowest BCUT2D eigenvalue weighted by atomic mass is 9.97. The number of nitrogen functional groups attached to an aromatic ring is 1. The molecule has 0 amide bonds. The van der Waals surface area contributed by atoms with Crippen molar-refractivity contribution in [1.29, 1.82) is 0 Å². The van der Waals surface area contributed by atoms with E-state index in [1.165, 1.54) is 13.2 Å². The third kappa shape index (κ3) is 6.12. The van der Waals surface area contributed by atoms with E-state index in [1.807, 2.05) is 6.92 Å². The quantitative estimate of drug-likeness (QED) is 0.279. The van der Waals surface area contributed by atoms with Gasteiger partial charge in [0.1, 0.15) is 34.9 Å². The van der Waals surface area contributed by atoms with Crippen LogP contribution in [0.1, 0.15) is 25.1 Å². The normalized spacial score (nSPS) is 17.0. The molecule has 13 heteroatoms. The van der Waals surface area contributed by atoms with Crippen LogP contribution in [0.2, 0.25) is 0 Å². The van der Waals surface area contributed by atoms with Gasteiger partial charge in [-0.25, -0.2) is 28.5 Å². The molecule has 1 saturated heterocycles. The van der Waals surface area contributed by atoms with Crippen molar-refractivity contribution in [3.63, 3.8) is 0 Å². The summed E-state index contributed by atoms with van der Waals surface area (Å²) in [6.45, 7) is 3.46. The molecule has 1 aliphatic rings. The van der Waals surface area contributed by atoms with Crippen LogP contribution in [0.25, 0.3) is 33.4 Å². The predicted octanol–water partition coefficient (Wildman–Crippen LogP) is 4.10. The Morgan fingerprint density at radius 1 is 1.27 bits per heavy atom. The fraction of sp³-hybridized carbons (Fsp3) is 0.321. The summed E-state index contributed by atoms with van der Waals surface area (Å²) in [4.78, 5) is 16.0. The maximum absolute atomic E-state index is 15.8. The van der Waals surface area contributed by atoms with Crippen LogP contribution in [0.3, 0.4) is 0 Å². The van der Waals surface area contributed by atoms with Crippen molar-refractivity contribution < 1.29 is 27.0 Å². The third-order valence-corrected chi connectivity index (χ3v) is 7.38. The van der Waals surface area contributed by atoms with Crippen LogP contribution in [-0.2, 0) is 16.0 Å². The van der Waals surface area contributed by atoms with E-state index < -0.39 is 23.3 Å². The number of hydrogen-bond acceptors (Lipinski definition) is 9. The van der Waals surface area contributed by atoms with Gasteiger partial charge in [0.25, 0.3) is 0 Å². The second-order valence-corrected chi connectivity index (χ2v) is 10.4. The van der Waals surface area contributed by atoms with Gasteiger partial charge in [-0.2, -0.15) is 0 Å². The number of fused-ring (bicyclic) bond motifs is 1. The second-order valence-electron chi connectivity index (χ2n) is 9.63. The zero-order valence-corrected chi connectivity index (χ0v) is 23.3. The summed E-state index contributed by atoms with van der Waals surface area (Å²) in [5.74, 6) is 1.06. The number of alkyl halides is 1. The van der Waals surface area contributed by atoms with Crippen LogP contribution in [0, 0.1) is 5.82 Å². The summed E-state index contributed by atoms with van der Waals surface area (Å²) in [6, 6.07) is 11.4. The molecule has 3 N–H and O–H groups in total. The van der Waals surface area contributed by atoms with E-state index in [4.69, 9.17) is 25.2 Å². The SMILES string of the molecule is COc1cc(-c2cccc(C(F)CCNS(=O)[O-])c2F)cc2c(N3CCOCC3C)nc(-c3ccc(N)nc3)nc12. The lowest BCUT2D eigenvalue weighted by Gasteiger charge is -2.35. The van der Waals surface area contributed by atoms with Crippen molar-refractivity contribution in [3.8, 4) is 28.3 Å². The van der Waals surface area contributed by atoms with E-state index >= 15 is 4.39 Å². The molecule has 5 rings (SSSR count). The number of hydrogen-bond donors (Lipinski definition) is 2. The van der Waals surface area contributed by atoms with E-state index in [-0.39, 0.29) is 30.1 Å². The Hall–Kier alpha value is -3.78. The summed E-state index contributed by atoms with van der Waals surface area (Å²) in [7, 11) is 1.50. The largest absolute Gasteiger partial charge is 0.760 e. The molecule has 0 aliphatic carbocycles. The van der Waals surface area contributed by atoms with Crippen molar-refractivity contribution in [2.45, 2.75) is 25.6 Å². The smallest absolute Gasteiger partial charge is 0.163 e. The first-order valence-corrected chi connectivity index (χ1v) is 14.1. The van der Waals surface area contributed by atoms with Gasteiger partial charge in [-0.3, -0.25) is 4.21 Å². The molecule has 2 aromatic carbocycles. The molecular formula is C28H29F2N6O4S-. The lowest BCUT2D eigenvalue weighted by Crippen LogP contribution is -2.44. The Balaban J connectivity index is 1.66. The Kier molecular flexibility index (Phi) is 8.68. The molecule has 0 radical (unpaired) electrons. The fourth-order valence-electron chi connectivity index (χ4n) is 4.86. The van der Waals surface area contributed by atoms with Gasteiger partial charge in [-0.05, 0) is 43.2 Å². The van der Waals surface area contributed by atoms with Gasteiger partial charge < -0.3 is 24.7 Å². The molecule has 3 unspecified atom stereocenters. The number of morpholine rings is 1. The maximum atomic E-state index is 15.8. The zero-order chi connectivity index (χ0) is 29.1. The van der Waals surface area contributed by atoms with E-state index in [9.17, 15) is 13.2 Å². The number of aromatic nitrogens is 3. The highest BCUT2D eigenvalue weighted by Gasteiger charge is 2.26. The number of nitrogens with one attached hydrogen (secondary N) is 1. The number of methoxy groups -OCH3 is 1. The monoisotopic (exact) mass is 583 g/mol. The number of anilines is 2. The van der Waals surface area contributed by atoms with Gasteiger partial charge in [-0.15, -0.1) is 0 Å². The van der Waals surface area contributed by atoms with Crippen molar-refractivity contribution in [2.75, 3.05) is 44.0 Å². The molecule has 3 atom stereocenters. The molecule has 3 heterocycles. The maximum Gasteiger partial charge on any atom is 0.163 e. The molecule has 216 valence electrons. The summed E-state index contributed by atoms with van der Waals surface area (Å²) >= 11 is -2.52. The van der Waals surface area contributed by atoms with Crippen LogP contribution < -0.4 is 20.1 Å². The average molecular weight is 584 g/mol. The molecule has 1 aliphatic heterocycles. The zero-order valence-electron chi connectivity index (χ0n) is 22.5. The number of benzene rings is 2. The topological polar surface area (TPSA) is 139 Å². The Bertz CT molecular complexity index is 1580. The summed E-state index contributed by atoms with van der Waals surface area (Å²) in [5, 5.41) is 0.629. The van der Waals surface area contributed by atoms with Gasteiger partial charge in [0.05, 0.1) is 26.4 Å². The van der Waals surface area contributed by atoms with Gasteiger partial charge in [0, 0.05) is 52.6 Å². The summed E-state index contributed by atoms with van der Waals surface area (Å²) < 4.78 is 65.7. The van der Waals surface area contributed by atoms with E-state index in [0.717, 1.165) is 0 Å². The number of rotatable bonds is 9. The number of nitrogens with zero attached hydrogens (tertiary/aromatic N) is 4. The van der Waals surface area contributed by atoms with Crippen LogP contribution in [0.15, 0.2) is 48.7 Å². The molecule has 10 nitrogen and oxygen atoms in total. The van der Waals surface area contributed by atoms with Gasteiger partial charge in [-0.1, -0.05) is 18.2 Å². The number of halogens is 2. The highest BCUT2D eigenvalue weighted by atomic mass is 32.2. The van der Waals surface area contributed by atoms with Crippen molar-refractivity contribution in [3.05, 3.63) is 60.0 Å². The van der Waals surface area contributed by atoms with Crippen LogP contribution in [-0.4, -0.2) is 63.2 Å². The molecule has 1 fully saturated rings. The summed E-state index contributed by atoms with van der Waals surface area (Å²) in [5.41, 5.74) is 7.41. The van der Waals surface area contributed by atoms with Crippen molar-refractivity contribution in [1.82, 2.24) is 19.7 Å². The minimum Gasteiger partial charge on any atom is -0.760 e. The summed E-state index contributed by atoms with van der Waals surface area (Å²) in [6.07, 6.45) is -0.328. The Morgan fingerprint density at radius 3 is 2.80 bits per heavy atom. The first-order chi connectivity index (χ1) is 19.8. The molecule has 41 heavy (non-hydrogen) atoms. The highest BCUT2D eigenvalue weighted by Crippen LogP contribution is 2.40. The van der Waals surface area contributed by atoms with Crippen LogP contribution in [0.4, 0.5) is 20.4 Å². The van der Waals surface area contributed by atoms with E-state index in [0.29, 0.717) is 65.0 Å². The lowest BCUT2D eigenvalue weighted by molar-refractivity contribution is 0.0987. The van der Waals surface area contributed by atoms with E-state index in [2.05, 4.69) is 14.6 Å². The Labute approximate surface area is 238 Å². The Morgan fingerprint density at radius 2 is 2.10 bits per heavy atom. The first kappa shape index (κ1) is 28.7. The third-order valence-electron chi connectivity index (χ3n) is 6.94. The second kappa shape index (κ2) is 12.4. The molecule has 2 aromatic heterocycles. The predicted molar refractivity (Wildman–Crippen MR) is 152 cm³/mol. The van der Waals surface area contributed by atoms with Gasteiger partial charge in [0.2, 0.25) is 0 Å². The minimum atomic E-state index is -2.52. The molecule has 0 saturated carbocycles. The number of nitrogens with two attached hydrogens (primary N) is 1. The average Bonchev–Trinajstić information content (AvgIpc) is 2.96. The first-order valence-electron chi connectivity index (χ1n) is 13.0. The fourth-order valence-corrected chi connectivity index (χ4v) is 5.15. The molecular weight excluding hydrogens is 554 g/mol. The molecule has 4 aromatic rings. The van der Waals surface area contributed by atoms with Gasteiger partial charge in [0.15, 0.2) is 5.82 Å². The molecule has 0 bridgehead atoms. The van der Waals surface area contributed by atoms with Crippen molar-refractivity contribution >= 4 is 33.8 Å². The van der Waals surface area contributed by atoms with Crippen LogP contribution >= 0.6 is 0 Å². The van der Waals surface area contributed by atoms with Crippen molar-refractivity contribution in [2.24, 2.45) is 0 Å². The minimum absolute atomic E-state index is 0.00156. The van der Waals surface area contributed by atoms with Gasteiger partial charge >= 0.3 is 0 Å². The molecule has 0 spiro atoms. The number of ether oxygens (including phenoxy) is 2. The number of pyridine rings is 1. The standard InChI is InChI=1S/C28H30F2N6O4S/c1-16-15-40-11-10-36(16)28-21-12-18(19-4-3-5-20(25(19)30)22(29)8-9-33-41(37)38)13-23(39-2)26(21)34-27(35-28)17-6-7-24(31)32-14-17/h3-7,12-14,16,22,33H,8-11,15H2,1-2H3,(H2,31,32)(H,37,38)/p-1. The van der Waals surface area contributed by atoms with E-state index in [1.54, 1.807) is 42.6 Å².